The van der Waals surface area contributed by atoms with Crippen molar-refractivity contribution in [1.29, 1.82) is 0 Å². The fourth-order valence-corrected chi connectivity index (χ4v) is 0.920. The molecule has 1 unspecified atom stereocenters. The summed E-state index contributed by atoms with van der Waals surface area (Å²) in [6, 6.07) is -0.0743. The van der Waals surface area contributed by atoms with Crippen LogP contribution in [0.1, 0.15) is 13.3 Å². The Morgan fingerprint density at radius 3 is 2.27 bits per heavy atom. The van der Waals surface area contributed by atoms with Crippen LogP contribution in [-0.2, 0) is 10.0 Å². The smallest absolute Gasteiger partial charge is 0.208 e. The van der Waals surface area contributed by atoms with Gasteiger partial charge in [-0.3, -0.25) is 0 Å². The average Bonchev–Trinajstić information content (AvgIpc) is 1.81. The summed E-state index contributed by atoms with van der Waals surface area (Å²) in [4.78, 5) is 0. The van der Waals surface area contributed by atoms with Crippen molar-refractivity contribution in [3.63, 3.8) is 0 Å². The predicted molar refractivity (Wildman–Crippen MR) is 48.4 cm³/mol. The molecule has 70 valence electrons. The molecule has 0 aromatic rings. The lowest BCUT2D eigenvalue weighted by Gasteiger charge is -2.07. The van der Waals surface area contributed by atoms with E-state index >= 15 is 0 Å². The van der Waals surface area contributed by atoms with Gasteiger partial charge in [0.05, 0.1) is 6.26 Å². The SMILES string of the molecule is CCC(N)CNS(C)(=O)=O.Cl. The molecular formula is C5H15ClN2O2S. The first-order valence-electron chi connectivity index (χ1n) is 3.16. The van der Waals surface area contributed by atoms with Gasteiger partial charge in [0, 0.05) is 12.6 Å². The van der Waals surface area contributed by atoms with Crippen molar-refractivity contribution >= 4 is 22.4 Å². The zero-order valence-electron chi connectivity index (χ0n) is 6.70. The fraction of sp³-hybridized carbons (Fsp3) is 1.00. The molecule has 0 bridgehead atoms. The van der Waals surface area contributed by atoms with E-state index in [-0.39, 0.29) is 18.4 Å². The first kappa shape index (κ1) is 13.7. The molecule has 0 aromatic heterocycles. The zero-order chi connectivity index (χ0) is 8.20. The van der Waals surface area contributed by atoms with Crippen molar-refractivity contribution in [1.82, 2.24) is 4.72 Å². The highest BCUT2D eigenvalue weighted by atomic mass is 35.5. The van der Waals surface area contributed by atoms with Crippen LogP contribution < -0.4 is 10.5 Å². The molecule has 0 aliphatic rings. The van der Waals surface area contributed by atoms with Gasteiger partial charge in [0.25, 0.3) is 0 Å². The Balaban J connectivity index is 0. The van der Waals surface area contributed by atoms with Crippen LogP contribution >= 0.6 is 12.4 Å². The molecule has 0 amide bonds. The fourth-order valence-electron chi connectivity index (χ4n) is 0.403. The van der Waals surface area contributed by atoms with Crippen LogP contribution in [0.25, 0.3) is 0 Å². The zero-order valence-corrected chi connectivity index (χ0v) is 8.33. The van der Waals surface area contributed by atoms with Crippen LogP contribution in [0.15, 0.2) is 0 Å². The van der Waals surface area contributed by atoms with Crippen LogP contribution in [0.4, 0.5) is 0 Å². The quantitative estimate of drug-likeness (QED) is 0.657. The molecule has 0 aliphatic heterocycles. The van der Waals surface area contributed by atoms with Crippen LogP contribution in [0.2, 0.25) is 0 Å². The number of nitrogens with one attached hydrogen (secondary N) is 1. The van der Waals surface area contributed by atoms with Gasteiger partial charge in [-0.1, -0.05) is 6.92 Å². The van der Waals surface area contributed by atoms with E-state index in [9.17, 15) is 8.42 Å². The summed E-state index contributed by atoms with van der Waals surface area (Å²) in [6.45, 7) is 2.24. The highest BCUT2D eigenvalue weighted by Gasteiger charge is 2.03. The number of hydrogen-bond donors (Lipinski definition) is 2. The van der Waals surface area contributed by atoms with Crippen molar-refractivity contribution in [3.8, 4) is 0 Å². The lowest BCUT2D eigenvalue weighted by Crippen LogP contribution is -2.36. The summed E-state index contributed by atoms with van der Waals surface area (Å²) >= 11 is 0. The summed E-state index contributed by atoms with van der Waals surface area (Å²) in [7, 11) is -3.06. The van der Waals surface area contributed by atoms with Gasteiger partial charge in [0.2, 0.25) is 10.0 Å². The van der Waals surface area contributed by atoms with E-state index < -0.39 is 10.0 Å². The van der Waals surface area contributed by atoms with E-state index in [4.69, 9.17) is 5.73 Å². The molecule has 0 saturated heterocycles. The Bertz CT molecular complexity index is 181. The minimum Gasteiger partial charge on any atom is -0.327 e. The third-order valence-electron chi connectivity index (χ3n) is 1.13. The second-order valence-electron chi connectivity index (χ2n) is 2.29. The highest BCUT2D eigenvalue weighted by Crippen LogP contribution is 1.83. The summed E-state index contributed by atoms with van der Waals surface area (Å²) < 4.78 is 23.3. The molecule has 0 fully saturated rings. The largest absolute Gasteiger partial charge is 0.327 e. The maximum absolute atomic E-state index is 10.5. The van der Waals surface area contributed by atoms with Crippen molar-refractivity contribution in [2.75, 3.05) is 12.8 Å². The van der Waals surface area contributed by atoms with Crippen molar-refractivity contribution < 1.29 is 8.42 Å². The van der Waals surface area contributed by atoms with Gasteiger partial charge in [-0.15, -0.1) is 12.4 Å². The summed E-state index contributed by atoms with van der Waals surface area (Å²) in [6.07, 6.45) is 1.90. The van der Waals surface area contributed by atoms with Crippen LogP contribution in [0, 0.1) is 0 Å². The monoisotopic (exact) mass is 202 g/mol. The highest BCUT2D eigenvalue weighted by molar-refractivity contribution is 7.88. The molecule has 0 heterocycles. The van der Waals surface area contributed by atoms with E-state index in [0.29, 0.717) is 6.54 Å². The van der Waals surface area contributed by atoms with E-state index in [2.05, 4.69) is 4.72 Å². The van der Waals surface area contributed by atoms with E-state index in [1.54, 1.807) is 0 Å². The molecule has 0 saturated carbocycles. The number of rotatable bonds is 4. The molecule has 11 heavy (non-hydrogen) atoms. The molecule has 0 radical (unpaired) electrons. The van der Waals surface area contributed by atoms with Gasteiger partial charge in [0.15, 0.2) is 0 Å². The van der Waals surface area contributed by atoms with E-state index in [1.165, 1.54) is 0 Å². The Morgan fingerprint density at radius 1 is 1.55 bits per heavy atom. The third kappa shape index (κ3) is 10.2. The van der Waals surface area contributed by atoms with Crippen molar-refractivity contribution in [3.05, 3.63) is 0 Å². The van der Waals surface area contributed by atoms with Gasteiger partial charge in [-0.2, -0.15) is 0 Å². The second kappa shape index (κ2) is 5.77. The maximum atomic E-state index is 10.5. The van der Waals surface area contributed by atoms with Gasteiger partial charge in [-0.05, 0) is 6.42 Å². The summed E-state index contributed by atoms with van der Waals surface area (Å²) in [5.74, 6) is 0. The molecule has 0 aromatic carbocycles. The number of sulfonamides is 1. The van der Waals surface area contributed by atoms with Gasteiger partial charge >= 0.3 is 0 Å². The molecule has 6 heteroatoms. The first-order valence-corrected chi connectivity index (χ1v) is 5.05. The van der Waals surface area contributed by atoms with Gasteiger partial charge in [0.1, 0.15) is 0 Å². The van der Waals surface area contributed by atoms with Crippen LogP contribution in [0.5, 0.6) is 0 Å². The average molecular weight is 203 g/mol. The number of halogens is 1. The normalized spacial score (nSPS) is 13.7. The van der Waals surface area contributed by atoms with Crippen LogP contribution in [-0.4, -0.2) is 27.3 Å². The third-order valence-corrected chi connectivity index (χ3v) is 1.82. The maximum Gasteiger partial charge on any atom is 0.208 e. The van der Waals surface area contributed by atoms with Gasteiger partial charge < -0.3 is 5.73 Å². The molecule has 1 atom stereocenters. The number of hydrogen-bond acceptors (Lipinski definition) is 3. The summed E-state index contributed by atoms with van der Waals surface area (Å²) in [5, 5.41) is 0. The van der Waals surface area contributed by atoms with Crippen molar-refractivity contribution in [2.24, 2.45) is 5.73 Å². The Labute approximate surface area is 74.0 Å². The minimum atomic E-state index is -3.06. The molecule has 3 N–H and O–H groups in total. The molecule has 0 rings (SSSR count). The number of nitrogens with two attached hydrogens (primary N) is 1. The Hall–Kier alpha value is 0.160. The second-order valence-corrected chi connectivity index (χ2v) is 4.12. The first-order chi connectivity index (χ1) is 4.45. The topological polar surface area (TPSA) is 72.2 Å². The molecule has 0 spiro atoms. The molecule has 0 aliphatic carbocycles. The minimum absolute atomic E-state index is 0. The predicted octanol–water partition coefficient (Wildman–Crippen LogP) is -0.305. The van der Waals surface area contributed by atoms with E-state index in [1.807, 2.05) is 6.92 Å². The summed E-state index contributed by atoms with van der Waals surface area (Å²) in [5.41, 5.74) is 5.45. The van der Waals surface area contributed by atoms with Crippen molar-refractivity contribution in [2.45, 2.75) is 19.4 Å². The van der Waals surface area contributed by atoms with E-state index in [0.717, 1.165) is 12.7 Å². The molecular weight excluding hydrogens is 188 g/mol. The lowest BCUT2D eigenvalue weighted by atomic mass is 10.2. The lowest BCUT2D eigenvalue weighted by molar-refractivity contribution is 0.569. The Morgan fingerprint density at radius 2 is 2.00 bits per heavy atom. The van der Waals surface area contributed by atoms with Gasteiger partial charge in [-0.25, -0.2) is 13.1 Å². The van der Waals surface area contributed by atoms with Crippen LogP contribution in [0.3, 0.4) is 0 Å². The molecule has 4 nitrogen and oxygen atoms in total. The standard InChI is InChI=1S/C5H14N2O2S.ClH/c1-3-5(6)4-7-10(2,8)9;/h5,7H,3-4,6H2,1-2H3;1H. The Kier molecular flexibility index (Phi) is 7.20.